The van der Waals surface area contributed by atoms with Crippen molar-refractivity contribution in [3.8, 4) is 50.5 Å². The first-order valence-corrected chi connectivity index (χ1v) is 13.8. The summed E-state index contributed by atoms with van der Waals surface area (Å²) in [5.41, 5.74) is 10.4. The van der Waals surface area contributed by atoms with Crippen molar-refractivity contribution >= 4 is 27.1 Å². The molecule has 0 saturated carbocycles. The summed E-state index contributed by atoms with van der Waals surface area (Å²) in [4.78, 5) is 14.3. The Labute approximate surface area is 240 Å². The molecule has 3 aromatic heterocycles. The van der Waals surface area contributed by atoms with Crippen LogP contribution >= 0.6 is 15.9 Å². The molecule has 0 saturated heterocycles. The summed E-state index contributed by atoms with van der Waals surface area (Å²) in [7, 11) is 0. The highest BCUT2D eigenvalue weighted by Crippen LogP contribution is 2.34. The van der Waals surface area contributed by atoms with E-state index in [1.165, 1.54) is 0 Å². The van der Waals surface area contributed by atoms with Gasteiger partial charge in [0.2, 0.25) is 0 Å². The minimum Gasteiger partial charge on any atom is -0.277 e. The van der Waals surface area contributed by atoms with E-state index in [9.17, 15) is 0 Å². The number of aromatic nitrogens is 4. The number of pyridine rings is 2. The van der Waals surface area contributed by atoms with Crippen LogP contribution in [0.1, 0.15) is 0 Å². The Hall–Kier alpha value is -4.87. The van der Waals surface area contributed by atoms with Crippen molar-refractivity contribution in [2.45, 2.75) is 0 Å². The second kappa shape index (κ2) is 10.4. The summed E-state index contributed by atoms with van der Waals surface area (Å²) in [6.45, 7) is 0. The lowest BCUT2D eigenvalue weighted by Crippen LogP contribution is -1.98. The van der Waals surface area contributed by atoms with Gasteiger partial charge in [-0.2, -0.15) is 0 Å². The van der Waals surface area contributed by atoms with E-state index in [2.05, 4.69) is 104 Å². The molecule has 5 heteroatoms. The van der Waals surface area contributed by atoms with Gasteiger partial charge in [-0.1, -0.05) is 94.8 Å². The van der Waals surface area contributed by atoms with Crippen molar-refractivity contribution in [3.05, 3.63) is 144 Å². The lowest BCUT2D eigenvalue weighted by molar-refractivity contribution is 1.08. The van der Waals surface area contributed by atoms with Crippen LogP contribution in [0.4, 0.5) is 0 Å². The number of para-hydroxylation sites is 1. The molecule has 4 nitrogen and oxygen atoms in total. The SMILES string of the molecule is Brc1cc(-c2ccc(-c3nc4cc(-c5ccccc5)cnc4n3-c3ccccc3)cc2)cc(-c2cccnc2)c1. The van der Waals surface area contributed by atoms with E-state index in [1.807, 2.05) is 54.9 Å². The fourth-order valence-corrected chi connectivity index (χ4v) is 5.53. The maximum absolute atomic E-state index is 5.10. The van der Waals surface area contributed by atoms with Gasteiger partial charge in [-0.3, -0.25) is 9.55 Å². The molecule has 0 amide bonds. The average molecular weight is 580 g/mol. The minimum absolute atomic E-state index is 0.832. The van der Waals surface area contributed by atoms with E-state index < -0.39 is 0 Å². The van der Waals surface area contributed by atoms with Crippen molar-refractivity contribution in [1.82, 2.24) is 19.5 Å². The molecule has 0 aliphatic carbocycles. The van der Waals surface area contributed by atoms with Gasteiger partial charge in [-0.05, 0) is 64.7 Å². The standard InChI is InChI=1S/C35H23BrN4/c36-31-19-28(18-29(20-31)27-10-7-17-37-22-27)25-13-15-26(16-14-25)34-39-33-21-30(24-8-3-1-4-9-24)23-38-35(33)40(34)32-11-5-2-6-12-32/h1-23H. The summed E-state index contributed by atoms with van der Waals surface area (Å²) in [5, 5.41) is 0. The zero-order chi connectivity index (χ0) is 26.9. The van der Waals surface area contributed by atoms with Crippen LogP contribution in [-0.2, 0) is 0 Å². The van der Waals surface area contributed by atoms with Crippen molar-refractivity contribution in [2.24, 2.45) is 0 Å². The van der Waals surface area contributed by atoms with Crippen LogP contribution in [0.15, 0.2) is 144 Å². The Bertz CT molecular complexity index is 1930. The van der Waals surface area contributed by atoms with E-state index in [0.29, 0.717) is 0 Å². The number of imidazole rings is 1. The number of fused-ring (bicyclic) bond motifs is 1. The first kappa shape index (κ1) is 24.2. The molecule has 0 spiro atoms. The van der Waals surface area contributed by atoms with Crippen LogP contribution in [0, 0.1) is 0 Å². The zero-order valence-corrected chi connectivity index (χ0v) is 23.0. The molecule has 7 rings (SSSR count). The molecule has 0 N–H and O–H groups in total. The predicted molar refractivity (Wildman–Crippen MR) is 166 cm³/mol. The van der Waals surface area contributed by atoms with E-state index in [1.54, 1.807) is 6.20 Å². The second-order valence-corrected chi connectivity index (χ2v) is 10.5. The van der Waals surface area contributed by atoms with E-state index in [-0.39, 0.29) is 0 Å². The molecular formula is C35H23BrN4. The van der Waals surface area contributed by atoms with E-state index >= 15 is 0 Å². The van der Waals surface area contributed by atoms with Gasteiger partial charge >= 0.3 is 0 Å². The second-order valence-electron chi connectivity index (χ2n) is 9.59. The van der Waals surface area contributed by atoms with Crippen LogP contribution in [-0.4, -0.2) is 19.5 Å². The maximum Gasteiger partial charge on any atom is 0.164 e. The smallest absolute Gasteiger partial charge is 0.164 e. The molecule has 4 aromatic carbocycles. The number of hydrogen-bond donors (Lipinski definition) is 0. The van der Waals surface area contributed by atoms with Crippen LogP contribution < -0.4 is 0 Å². The number of halogens is 1. The third kappa shape index (κ3) is 4.61. The van der Waals surface area contributed by atoms with Crippen LogP contribution in [0.25, 0.3) is 61.6 Å². The molecule has 0 aliphatic heterocycles. The lowest BCUT2D eigenvalue weighted by Gasteiger charge is -2.11. The molecular weight excluding hydrogens is 556 g/mol. The highest BCUT2D eigenvalue weighted by molar-refractivity contribution is 9.10. The average Bonchev–Trinajstić information content (AvgIpc) is 3.41. The van der Waals surface area contributed by atoms with Gasteiger partial charge in [0.25, 0.3) is 0 Å². The van der Waals surface area contributed by atoms with Gasteiger partial charge in [0, 0.05) is 45.4 Å². The molecule has 0 unspecified atom stereocenters. The topological polar surface area (TPSA) is 43.6 Å². The molecule has 7 aromatic rings. The van der Waals surface area contributed by atoms with Crippen molar-refractivity contribution in [3.63, 3.8) is 0 Å². The van der Waals surface area contributed by atoms with Crippen molar-refractivity contribution in [1.29, 1.82) is 0 Å². The highest BCUT2D eigenvalue weighted by atomic mass is 79.9. The lowest BCUT2D eigenvalue weighted by atomic mass is 9.99. The highest BCUT2D eigenvalue weighted by Gasteiger charge is 2.17. The number of nitrogens with zero attached hydrogens (tertiary/aromatic N) is 4. The summed E-state index contributed by atoms with van der Waals surface area (Å²) in [5.74, 6) is 0.857. The Kier molecular flexibility index (Phi) is 6.27. The predicted octanol–water partition coefficient (Wildman–Crippen LogP) is 9.25. The van der Waals surface area contributed by atoms with Gasteiger partial charge in [0.05, 0.1) is 0 Å². The van der Waals surface area contributed by atoms with Crippen LogP contribution in [0.2, 0.25) is 0 Å². The third-order valence-electron chi connectivity index (χ3n) is 6.99. The zero-order valence-electron chi connectivity index (χ0n) is 21.4. The number of benzene rings is 4. The first-order chi connectivity index (χ1) is 19.7. The molecule has 3 heterocycles. The fraction of sp³-hybridized carbons (Fsp3) is 0. The summed E-state index contributed by atoms with van der Waals surface area (Å²) >= 11 is 3.70. The van der Waals surface area contributed by atoms with Crippen LogP contribution in [0.5, 0.6) is 0 Å². The molecule has 0 aliphatic rings. The van der Waals surface area contributed by atoms with Crippen molar-refractivity contribution in [2.75, 3.05) is 0 Å². The largest absolute Gasteiger partial charge is 0.277 e. The van der Waals surface area contributed by atoms with Gasteiger partial charge in [-0.15, -0.1) is 0 Å². The molecule has 0 bridgehead atoms. The van der Waals surface area contributed by atoms with Crippen molar-refractivity contribution < 1.29 is 0 Å². The molecule has 40 heavy (non-hydrogen) atoms. The fourth-order valence-electron chi connectivity index (χ4n) is 5.04. The summed E-state index contributed by atoms with van der Waals surface area (Å²) < 4.78 is 3.16. The van der Waals surface area contributed by atoms with E-state index in [4.69, 9.17) is 9.97 Å². The van der Waals surface area contributed by atoms with Gasteiger partial charge < -0.3 is 0 Å². The van der Waals surface area contributed by atoms with Gasteiger partial charge in [-0.25, -0.2) is 9.97 Å². The molecule has 0 radical (unpaired) electrons. The molecule has 0 fully saturated rings. The van der Waals surface area contributed by atoms with Gasteiger partial charge in [0.1, 0.15) is 11.3 Å². The Morgan fingerprint density at radius 3 is 1.90 bits per heavy atom. The van der Waals surface area contributed by atoms with Crippen LogP contribution in [0.3, 0.4) is 0 Å². The first-order valence-electron chi connectivity index (χ1n) is 13.0. The molecule has 190 valence electrons. The maximum atomic E-state index is 5.10. The number of rotatable bonds is 5. The Morgan fingerprint density at radius 1 is 0.525 bits per heavy atom. The molecule has 0 atom stereocenters. The van der Waals surface area contributed by atoms with Gasteiger partial charge in [0.15, 0.2) is 5.65 Å². The normalized spacial score (nSPS) is 11.1. The third-order valence-corrected chi connectivity index (χ3v) is 7.45. The Morgan fingerprint density at radius 2 is 1.18 bits per heavy atom. The minimum atomic E-state index is 0.832. The Balaban J connectivity index is 1.32. The summed E-state index contributed by atoms with van der Waals surface area (Å²) in [6.07, 6.45) is 5.61. The summed E-state index contributed by atoms with van der Waals surface area (Å²) in [6, 6.07) is 41.8. The van der Waals surface area contributed by atoms with E-state index in [0.717, 1.165) is 66.1 Å². The quantitative estimate of drug-likeness (QED) is 0.204. The monoisotopic (exact) mass is 578 g/mol. The number of hydrogen-bond acceptors (Lipinski definition) is 3.